The Morgan fingerprint density at radius 2 is 1.67 bits per heavy atom. The van der Waals surface area contributed by atoms with Crippen LogP contribution in [0.2, 0.25) is 0 Å². The van der Waals surface area contributed by atoms with Crippen LogP contribution in [0.4, 0.5) is 0 Å². The Bertz CT molecular complexity index is 607. The number of rotatable bonds is 2. The molecule has 90 valence electrons. The number of ether oxygens (including phenoxy) is 1. The van der Waals surface area contributed by atoms with Gasteiger partial charge in [0.05, 0.1) is 12.0 Å². The highest BCUT2D eigenvalue weighted by molar-refractivity contribution is 7.10. The van der Waals surface area contributed by atoms with Gasteiger partial charge in [0.15, 0.2) is 11.6 Å². The Balaban J connectivity index is 2.13. The molecule has 0 bridgehead atoms. The number of carbonyl (C=O) groups is 2. The predicted molar refractivity (Wildman–Crippen MR) is 68.7 cm³/mol. The molecule has 0 aliphatic heterocycles. The molecule has 0 unspecified atom stereocenters. The van der Waals surface area contributed by atoms with E-state index in [9.17, 15) is 9.59 Å². The summed E-state index contributed by atoms with van der Waals surface area (Å²) in [4.78, 5) is 25.3. The van der Waals surface area contributed by atoms with E-state index in [1.165, 1.54) is 11.3 Å². The first-order valence-electron chi connectivity index (χ1n) is 5.53. The number of thiophene rings is 1. The van der Waals surface area contributed by atoms with Crippen LogP contribution in [0.15, 0.2) is 35.7 Å². The third-order valence-electron chi connectivity index (χ3n) is 3.12. The molecule has 3 rings (SSSR count). The average molecular weight is 258 g/mol. The number of hydrogen-bond acceptors (Lipinski definition) is 4. The minimum atomic E-state index is -0.725. The summed E-state index contributed by atoms with van der Waals surface area (Å²) in [6.07, 6.45) is 0. The molecule has 1 heterocycles. The van der Waals surface area contributed by atoms with Crippen molar-refractivity contribution in [1.29, 1.82) is 0 Å². The number of fused-ring (bicyclic) bond motifs is 1. The minimum Gasteiger partial charge on any atom is -0.496 e. The van der Waals surface area contributed by atoms with E-state index in [1.807, 2.05) is 5.38 Å². The Hall–Kier alpha value is -1.94. The molecular weight excluding hydrogens is 248 g/mol. The zero-order valence-electron chi connectivity index (χ0n) is 9.67. The van der Waals surface area contributed by atoms with Crippen LogP contribution in [-0.4, -0.2) is 18.7 Å². The summed E-state index contributed by atoms with van der Waals surface area (Å²) in [6.45, 7) is 0. The van der Waals surface area contributed by atoms with Gasteiger partial charge in [-0.15, -0.1) is 11.3 Å². The lowest BCUT2D eigenvalue weighted by Crippen LogP contribution is -2.12. The van der Waals surface area contributed by atoms with Gasteiger partial charge >= 0.3 is 0 Å². The van der Waals surface area contributed by atoms with Gasteiger partial charge in [-0.1, -0.05) is 24.3 Å². The van der Waals surface area contributed by atoms with E-state index in [0.717, 1.165) is 0 Å². The Labute approximate surface area is 108 Å². The van der Waals surface area contributed by atoms with Crippen molar-refractivity contribution in [2.75, 3.05) is 7.11 Å². The summed E-state index contributed by atoms with van der Waals surface area (Å²) in [5.41, 5.74) is 1.03. The molecule has 1 aromatic heterocycles. The average Bonchev–Trinajstić information content (AvgIpc) is 2.95. The zero-order chi connectivity index (χ0) is 12.7. The number of Topliss-reactive ketones (excluding diaryl/α,β-unsaturated/α-hetero) is 2. The molecule has 1 aliphatic rings. The smallest absolute Gasteiger partial charge is 0.179 e. The molecule has 1 aliphatic carbocycles. The van der Waals surface area contributed by atoms with Gasteiger partial charge < -0.3 is 4.74 Å². The summed E-state index contributed by atoms with van der Waals surface area (Å²) >= 11 is 1.38. The Morgan fingerprint density at radius 3 is 2.22 bits per heavy atom. The van der Waals surface area contributed by atoms with E-state index in [1.54, 1.807) is 37.4 Å². The van der Waals surface area contributed by atoms with Crippen molar-refractivity contribution in [3.05, 3.63) is 51.7 Å². The van der Waals surface area contributed by atoms with Crippen LogP contribution in [0.1, 0.15) is 31.5 Å². The lowest BCUT2D eigenvalue weighted by atomic mass is 10.0. The highest BCUT2D eigenvalue weighted by Gasteiger charge is 2.41. The first-order chi connectivity index (χ1) is 8.74. The molecule has 0 atom stereocenters. The molecule has 2 aromatic rings. The van der Waals surface area contributed by atoms with Gasteiger partial charge in [-0.05, 0) is 11.4 Å². The van der Waals surface area contributed by atoms with E-state index in [2.05, 4.69) is 0 Å². The molecular formula is C14H10O3S. The SMILES string of the molecule is COc1ccsc1C1C(=O)c2ccccc2C1=O. The van der Waals surface area contributed by atoms with Crippen molar-refractivity contribution in [3.63, 3.8) is 0 Å². The fourth-order valence-electron chi connectivity index (χ4n) is 2.27. The molecule has 3 nitrogen and oxygen atoms in total. The standard InChI is InChI=1S/C14H10O3S/c1-17-10-6-7-18-14(10)11-12(15)8-4-2-3-5-9(8)13(11)16/h2-7,11H,1H3. The summed E-state index contributed by atoms with van der Waals surface area (Å²) in [5.74, 6) is -0.371. The summed E-state index contributed by atoms with van der Waals surface area (Å²) in [6, 6.07) is 8.74. The number of carbonyl (C=O) groups excluding carboxylic acids is 2. The lowest BCUT2D eigenvalue weighted by molar-refractivity contribution is 0.0890. The van der Waals surface area contributed by atoms with Crippen molar-refractivity contribution < 1.29 is 14.3 Å². The summed E-state index contributed by atoms with van der Waals surface area (Å²) in [7, 11) is 1.54. The fraction of sp³-hybridized carbons (Fsp3) is 0.143. The maximum Gasteiger partial charge on any atom is 0.179 e. The largest absolute Gasteiger partial charge is 0.496 e. The molecule has 18 heavy (non-hydrogen) atoms. The summed E-state index contributed by atoms with van der Waals surface area (Å²) < 4.78 is 5.20. The molecule has 0 saturated carbocycles. The maximum atomic E-state index is 12.3. The van der Waals surface area contributed by atoms with E-state index in [4.69, 9.17) is 4.74 Å². The van der Waals surface area contributed by atoms with Crippen LogP contribution in [0.3, 0.4) is 0 Å². The van der Waals surface area contributed by atoms with Crippen molar-refractivity contribution in [2.24, 2.45) is 0 Å². The minimum absolute atomic E-state index is 0.128. The van der Waals surface area contributed by atoms with Crippen LogP contribution in [0.5, 0.6) is 5.75 Å². The van der Waals surface area contributed by atoms with E-state index in [0.29, 0.717) is 21.8 Å². The van der Waals surface area contributed by atoms with Gasteiger partial charge in [-0.2, -0.15) is 0 Å². The molecule has 1 aromatic carbocycles. The van der Waals surface area contributed by atoms with Crippen molar-refractivity contribution >= 4 is 22.9 Å². The third-order valence-corrected chi connectivity index (χ3v) is 4.08. The highest BCUT2D eigenvalue weighted by Crippen LogP contribution is 2.40. The molecule has 4 heteroatoms. The third kappa shape index (κ3) is 1.42. The van der Waals surface area contributed by atoms with Crippen LogP contribution >= 0.6 is 11.3 Å². The molecule has 0 N–H and O–H groups in total. The molecule has 0 saturated heterocycles. The van der Waals surface area contributed by atoms with Gasteiger partial charge in [-0.3, -0.25) is 9.59 Å². The van der Waals surface area contributed by atoms with Crippen LogP contribution in [0.25, 0.3) is 0 Å². The fourth-order valence-corrected chi connectivity index (χ4v) is 3.23. The number of methoxy groups -OCH3 is 1. The second-order valence-electron chi connectivity index (χ2n) is 4.06. The van der Waals surface area contributed by atoms with Crippen molar-refractivity contribution in [3.8, 4) is 5.75 Å². The van der Waals surface area contributed by atoms with Crippen molar-refractivity contribution in [2.45, 2.75) is 5.92 Å². The number of ketones is 2. The van der Waals surface area contributed by atoms with Gasteiger partial charge in [0, 0.05) is 11.1 Å². The molecule has 0 radical (unpaired) electrons. The topological polar surface area (TPSA) is 43.4 Å². The van der Waals surface area contributed by atoms with Crippen LogP contribution in [0, 0.1) is 0 Å². The second kappa shape index (κ2) is 4.07. The first-order valence-corrected chi connectivity index (χ1v) is 6.41. The first kappa shape index (κ1) is 11.2. The number of benzene rings is 1. The monoisotopic (exact) mass is 258 g/mol. The predicted octanol–water partition coefficient (Wildman–Crippen LogP) is 2.92. The van der Waals surface area contributed by atoms with Crippen LogP contribution < -0.4 is 4.74 Å². The Morgan fingerprint density at radius 1 is 1.06 bits per heavy atom. The molecule has 0 fully saturated rings. The van der Waals surface area contributed by atoms with Crippen LogP contribution in [-0.2, 0) is 0 Å². The highest BCUT2D eigenvalue weighted by atomic mass is 32.1. The maximum absolute atomic E-state index is 12.3. The Kier molecular flexibility index (Phi) is 2.52. The summed E-state index contributed by atoms with van der Waals surface area (Å²) in [5, 5.41) is 1.83. The second-order valence-corrected chi connectivity index (χ2v) is 5.01. The zero-order valence-corrected chi connectivity index (χ0v) is 10.5. The molecule has 0 amide bonds. The number of hydrogen-bond donors (Lipinski definition) is 0. The van der Waals surface area contributed by atoms with Gasteiger partial charge in [0.2, 0.25) is 0 Å². The van der Waals surface area contributed by atoms with Gasteiger partial charge in [0.25, 0.3) is 0 Å². The normalized spacial score (nSPS) is 14.9. The van der Waals surface area contributed by atoms with Gasteiger partial charge in [0.1, 0.15) is 11.7 Å². The van der Waals surface area contributed by atoms with E-state index >= 15 is 0 Å². The van der Waals surface area contributed by atoms with Gasteiger partial charge in [-0.25, -0.2) is 0 Å². The van der Waals surface area contributed by atoms with Crippen molar-refractivity contribution in [1.82, 2.24) is 0 Å². The molecule has 0 spiro atoms. The lowest BCUT2D eigenvalue weighted by Gasteiger charge is -2.06. The van der Waals surface area contributed by atoms with E-state index in [-0.39, 0.29) is 11.6 Å². The quantitative estimate of drug-likeness (QED) is 0.778. The van der Waals surface area contributed by atoms with E-state index < -0.39 is 5.92 Å².